The lowest BCUT2D eigenvalue weighted by atomic mass is 10.2. The summed E-state index contributed by atoms with van der Waals surface area (Å²) in [4.78, 5) is 2.50. The summed E-state index contributed by atoms with van der Waals surface area (Å²) in [5.74, 6) is 0. The first-order chi connectivity index (χ1) is 8.45. The van der Waals surface area contributed by atoms with E-state index in [1.807, 2.05) is 13.8 Å². The molecule has 0 radical (unpaired) electrons. The van der Waals surface area contributed by atoms with Crippen molar-refractivity contribution in [1.82, 2.24) is 4.83 Å². The monoisotopic (exact) mass is 268 g/mol. The van der Waals surface area contributed by atoms with Crippen molar-refractivity contribution >= 4 is 15.7 Å². The highest BCUT2D eigenvalue weighted by atomic mass is 32.2. The first kappa shape index (κ1) is 14.7. The van der Waals surface area contributed by atoms with E-state index in [2.05, 4.69) is 16.9 Å². The molecule has 100 valence electrons. The summed E-state index contributed by atoms with van der Waals surface area (Å²) in [7, 11) is -3.53. The van der Waals surface area contributed by atoms with Crippen LogP contribution in [0.1, 0.15) is 38.7 Å². The second kappa shape index (κ2) is 6.54. The molecule has 0 aromatic heterocycles. The fourth-order valence-electron chi connectivity index (χ4n) is 1.40. The lowest BCUT2D eigenvalue weighted by Crippen LogP contribution is -2.19. The molecule has 0 spiro atoms. The van der Waals surface area contributed by atoms with E-state index in [-0.39, 0.29) is 4.90 Å². The molecule has 0 amide bonds. The number of rotatable bonds is 6. The highest BCUT2D eigenvalue weighted by molar-refractivity contribution is 7.89. The SMILES string of the molecule is CCCCC(C)=NNS(=O)(=O)c1ccc(C)cc1. The Hall–Kier alpha value is -1.36. The second-order valence-corrected chi connectivity index (χ2v) is 6.02. The third kappa shape index (κ3) is 4.49. The zero-order valence-electron chi connectivity index (χ0n) is 11.1. The van der Waals surface area contributed by atoms with Crippen molar-refractivity contribution in [2.45, 2.75) is 44.9 Å². The van der Waals surface area contributed by atoms with Gasteiger partial charge in [0.1, 0.15) is 0 Å². The highest BCUT2D eigenvalue weighted by Crippen LogP contribution is 2.09. The summed E-state index contributed by atoms with van der Waals surface area (Å²) in [5, 5.41) is 3.91. The zero-order chi connectivity index (χ0) is 13.6. The minimum absolute atomic E-state index is 0.236. The maximum atomic E-state index is 11.9. The molecule has 1 aromatic carbocycles. The van der Waals surface area contributed by atoms with E-state index in [1.165, 1.54) is 0 Å². The molecule has 0 fully saturated rings. The number of hydrogen-bond acceptors (Lipinski definition) is 3. The summed E-state index contributed by atoms with van der Waals surface area (Å²) in [5.41, 5.74) is 1.82. The van der Waals surface area contributed by atoms with Crippen LogP contribution in [0.4, 0.5) is 0 Å². The number of sulfonamides is 1. The molecule has 0 aliphatic heterocycles. The molecule has 5 heteroatoms. The van der Waals surface area contributed by atoms with Crippen LogP contribution in [0, 0.1) is 6.92 Å². The van der Waals surface area contributed by atoms with E-state index in [9.17, 15) is 8.42 Å². The summed E-state index contributed by atoms with van der Waals surface area (Å²) in [6, 6.07) is 6.69. The van der Waals surface area contributed by atoms with Crippen LogP contribution in [0.5, 0.6) is 0 Å². The standard InChI is InChI=1S/C13H20N2O2S/c1-4-5-6-12(3)14-15-18(16,17)13-9-7-11(2)8-10-13/h7-10,15H,4-6H2,1-3H3. The second-order valence-electron chi connectivity index (χ2n) is 4.36. The van der Waals surface area contributed by atoms with Crippen molar-refractivity contribution in [3.63, 3.8) is 0 Å². The maximum absolute atomic E-state index is 11.9. The minimum atomic E-state index is -3.53. The van der Waals surface area contributed by atoms with Crippen LogP contribution in [0.15, 0.2) is 34.3 Å². The first-order valence-electron chi connectivity index (χ1n) is 6.07. The molecule has 1 N–H and O–H groups in total. The predicted octanol–water partition coefficient (Wildman–Crippen LogP) is 2.84. The summed E-state index contributed by atoms with van der Waals surface area (Å²) >= 11 is 0. The van der Waals surface area contributed by atoms with Crippen molar-refractivity contribution in [3.05, 3.63) is 29.8 Å². The van der Waals surface area contributed by atoms with Gasteiger partial charge in [-0.1, -0.05) is 31.0 Å². The Bertz CT molecular complexity index is 504. The average molecular weight is 268 g/mol. The van der Waals surface area contributed by atoms with Crippen molar-refractivity contribution in [2.75, 3.05) is 0 Å². The highest BCUT2D eigenvalue weighted by Gasteiger charge is 2.12. The fourth-order valence-corrected chi connectivity index (χ4v) is 2.27. The van der Waals surface area contributed by atoms with Gasteiger partial charge < -0.3 is 0 Å². The lowest BCUT2D eigenvalue weighted by Gasteiger charge is -2.05. The van der Waals surface area contributed by atoms with Crippen LogP contribution < -0.4 is 4.83 Å². The van der Waals surface area contributed by atoms with Gasteiger partial charge in [-0.3, -0.25) is 0 Å². The third-order valence-corrected chi connectivity index (χ3v) is 3.80. The molecule has 0 atom stereocenters. The van der Waals surface area contributed by atoms with E-state index in [0.717, 1.165) is 30.5 Å². The van der Waals surface area contributed by atoms with Crippen LogP contribution in [-0.2, 0) is 10.0 Å². The van der Waals surface area contributed by atoms with Gasteiger partial charge in [0.05, 0.1) is 4.90 Å². The third-order valence-electron chi connectivity index (χ3n) is 2.58. The number of hydrogen-bond donors (Lipinski definition) is 1. The minimum Gasteiger partial charge on any atom is -0.200 e. The van der Waals surface area contributed by atoms with Gasteiger partial charge in [0.2, 0.25) is 0 Å². The Morgan fingerprint density at radius 2 is 1.89 bits per heavy atom. The van der Waals surface area contributed by atoms with Crippen LogP contribution in [-0.4, -0.2) is 14.1 Å². The van der Waals surface area contributed by atoms with Gasteiger partial charge in [0.15, 0.2) is 0 Å². The topological polar surface area (TPSA) is 58.5 Å². The number of nitrogens with one attached hydrogen (secondary N) is 1. The maximum Gasteiger partial charge on any atom is 0.276 e. The summed E-state index contributed by atoms with van der Waals surface area (Å²) in [6.07, 6.45) is 2.89. The fraction of sp³-hybridized carbons (Fsp3) is 0.462. The molecule has 0 heterocycles. The van der Waals surface area contributed by atoms with Crippen molar-refractivity contribution in [3.8, 4) is 0 Å². The number of aryl methyl sites for hydroxylation is 1. The van der Waals surface area contributed by atoms with Crippen LogP contribution in [0.2, 0.25) is 0 Å². The van der Waals surface area contributed by atoms with Gasteiger partial charge in [0.25, 0.3) is 10.0 Å². The Morgan fingerprint density at radius 3 is 2.44 bits per heavy atom. The lowest BCUT2D eigenvalue weighted by molar-refractivity contribution is 0.584. The van der Waals surface area contributed by atoms with Crippen molar-refractivity contribution in [2.24, 2.45) is 5.10 Å². The van der Waals surface area contributed by atoms with Crippen LogP contribution in [0.3, 0.4) is 0 Å². The summed E-state index contributed by atoms with van der Waals surface area (Å²) in [6.45, 7) is 5.83. The van der Waals surface area contributed by atoms with E-state index in [1.54, 1.807) is 24.3 Å². The van der Waals surface area contributed by atoms with E-state index in [4.69, 9.17) is 0 Å². The van der Waals surface area contributed by atoms with Crippen molar-refractivity contribution < 1.29 is 8.42 Å². The Morgan fingerprint density at radius 1 is 1.28 bits per heavy atom. The summed E-state index contributed by atoms with van der Waals surface area (Å²) < 4.78 is 23.8. The molecule has 0 aliphatic rings. The normalized spacial score (nSPS) is 12.5. The number of unbranched alkanes of at least 4 members (excludes halogenated alkanes) is 1. The molecule has 0 unspecified atom stereocenters. The van der Waals surface area contributed by atoms with Gasteiger partial charge in [-0.25, -0.2) is 4.83 Å². The Balaban J connectivity index is 2.73. The predicted molar refractivity (Wildman–Crippen MR) is 74.1 cm³/mol. The molecule has 1 aromatic rings. The van der Waals surface area contributed by atoms with E-state index in [0.29, 0.717) is 0 Å². The van der Waals surface area contributed by atoms with Crippen LogP contribution in [0.25, 0.3) is 0 Å². The van der Waals surface area contributed by atoms with Gasteiger partial charge in [-0.2, -0.15) is 13.5 Å². The zero-order valence-corrected chi connectivity index (χ0v) is 11.9. The molecule has 0 bridgehead atoms. The molecular weight excluding hydrogens is 248 g/mol. The quantitative estimate of drug-likeness (QED) is 0.637. The molecule has 18 heavy (non-hydrogen) atoms. The average Bonchev–Trinajstić information content (AvgIpc) is 2.34. The largest absolute Gasteiger partial charge is 0.276 e. The number of nitrogens with zero attached hydrogens (tertiary/aromatic N) is 1. The molecule has 0 saturated carbocycles. The van der Waals surface area contributed by atoms with Gasteiger partial charge >= 0.3 is 0 Å². The number of benzene rings is 1. The Labute approximate surface area is 109 Å². The van der Waals surface area contributed by atoms with Gasteiger partial charge in [0, 0.05) is 5.71 Å². The van der Waals surface area contributed by atoms with Crippen LogP contribution >= 0.6 is 0 Å². The molecule has 0 aliphatic carbocycles. The molecule has 1 rings (SSSR count). The Kier molecular flexibility index (Phi) is 5.34. The van der Waals surface area contributed by atoms with Crippen molar-refractivity contribution in [1.29, 1.82) is 0 Å². The molecule has 0 saturated heterocycles. The van der Waals surface area contributed by atoms with E-state index >= 15 is 0 Å². The number of hydrazone groups is 1. The molecule has 4 nitrogen and oxygen atoms in total. The molecular formula is C13H20N2O2S. The van der Waals surface area contributed by atoms with Gasteiger partial charge in [-0.05, 0) is 38.8 Å². The smallest absolute Gasteiger partial charge is 0.200 e. The van der Waals surface area contributed by atoms with E-state index < -0.39 is 10.0 Å². The first-order valence-corrected chi connectivity index (χ1v) is 7.55. The van der Waals surface area contributed by atoms with Gasteiger partial charge in [-0.15, -0.1) is 0 Å².